The van der Waals surface area contributed by atoms with Gasteiger partial charge in [-0.1, -0.05) is 52.5 Å². The highest BCUT2D eigenvalue weighted by molar-refractivity contribution is 6.46. The molecule has 0 amide bonds. The van der Waals surface area contributed by atoms with Gasteiger partial charge < -0.3 is 5.11 Å². The molecule has 20 heavy (non-hydrogen) atoms. The fourth-order valence-corrected chi connectivity index (χ4v) is 2.77. The number of hydrogen-bond acceptors (Lipinski definition) is 1. The van der Waals surface area contributed by atoms with Gasteiger partial charge in [-0.05, 0) is 29.8 Å². The fraction of sp³-hybridized carbons (Fsp3) is 0.0714. The quantitative estimate of drug-likeness (QED) is 0.733. The summed E-state index contributed by atoms with van der Waals surface area (Å²) in [4.78, 5) is 10.8. The van der Waals surface area contributed by atoms with E-state index in [2.05, 4.69) is 0 Å². The first kappa shape index (κ1) is 15.5. The van der Waals surface area contributed by atoms with Gasteiger partial charge in [0.1, 0.15) is 0 Å². The molecule has 1 N–H and O–H groups in total. The maximum atomic E-state index is 10.8. The van der Waals surface area contributed by atoms with Gasteiger partial charge in [0.15, 0.2) is 0 Å². The molecule has 0 unspecified atom stereocenters. The number of halogens is 4. The Bertz CT molecular complexity index is 683. The van der Waals surface area contributed by atoms with Crippen molar-refractivity contribution in [3.8, 4) is 11.1 Å². The van der Waals surface area contributed by atoms with E-state index >= 15 is 0 Å². The molecule has 0 spiro atoms. The number of aliphatic carboxylic acids is 1. The molecule has 0 aliphatic heterocycles. The molecule has 104 valence electrons. The molecule has 0 aliphatic carbocycles. The van der Waals surface area contributed by atoms with Crippen LogP contribution in [0.4, 0.5) is 0 Å². The van der Waals surface area contributed by atoms with Crippen LogP contribution >= 0.6 is 46.4 Å². The maximum Gasteiger partial charge on any atom is 0.307 e. The number of carboxylic acids is 1. The van der Waals surface area contributed by atoms with Crippen LogP contribution in [0.3, 0.4) is 0 Å². The van der Waals surface area contributed by atoms with Gasteiger partial charge in [0, 0.05) is 16.1 Å². The van der Waals surface area contributed by atoms with Crippen LogP contribution in [0.15, 0.2) is 30.3 Å². The van der Waals surface area contributed by atoms with E-state index < -0.39 is 5.97 Å². The van der Waals surface area contributed by atoms with E-state index in [4.69, 9.17) is 51.5 Å². The average molecular weight is 350 g/mol. The summed E-state index contributed by atoms with van der Waals surface area (Å²) >= 11 is 24.5. The summed E-state index contributed by atoms with van der Waals surface area (Å²) in [7, 11) is 0. The van der Waals surface area contributed by atoms with Gasteiger partial charge in [-0.25, -0.2) is 0 Å². The van der Waals surface area contributed by atoms with Crippen LogP contribution in [0, 0.1) is 0 Å². The molecule has 2 rings (SSSR count). The summed E-state index contributed by atoms with van der Waals surface area (Å²) in [5, 5.41) is 10.3. The number of rotatable bonds is 3. The van der Waals surface area contributed by atoms with Crippen LogP contribution < -0.4 is 0 Å². The molecule has 0 aliphatic rings. The van der Waals surface area contributed by atoms with Crippen LogP contribution in [-0.2, 0) is 11.2 Å². The van der Waals surface area contributed by atoms with Crippen molar-refractivity contribution in [1.82, 2.24) is 0 Å². The van der Waals surface area contributed by atoms with Crippen molar-refractivity contribution in [2.24, 2.45) is 0 Å². The Balaban J connectivity index is 2.63. The third-order valence-electron chi connectivity index (χ3n) is 2.70. The Morgan fingerprint density at radius 1 is 0.950 bits per heavy atom. The topological polar surface area (TPSA) is 37.3 Å². The maximum absolute atomic E-state index is 10.8. The van der Waals surface area contributed by atoms with E-state index in [9.17, 15) is 4.79 Å². The smallest absolute Gasteiger partial charge is 0.307 e. The molecular formula is C14H8Cl4O2. The Morgan fingerprint density at radius 3 is 2.20 bits per heavy atom. The van der Waals surface area contributed by atoms with E-state index in [1.54, 1.807) is 30.3 Å². The predicted octanol–water partition coefficient (Wildman–Crippen LogP) is 5.59. The first-order chi connectivity index (χ1) is 9.40. The standard InChI is InChI=1S/C14H8Cl4O2/c15-9-2-1-7(6-12(19)20)5-8(9)13-10(16)3-4-11(17)14(13)18/h1-5H,6H2,(H,19,20). The second-order valence-electron chi connectivity index (χ2n) is 4.10. The highest BCUT2D eigenvalue weighted by Gasteiger charge is 2.15. The lowest BCUT2D eigenvalue weighted by atomic mass is 10.0. The van der Waals surface area contributed by atoms with Gasteiger partial charge >= 0.3 is 5.97 Å². The van der Waals surface area contributed by atoms with Crippen LogP contribution in [0.1, 0.15) is 5.56 Å². The van der Waals surface area contributed by atoms with Gasteiger partial charge in [-0.3, -0.25) is 4.79 Å². The summed E-state index contributed by atoms with van der Waals surface area (Å²) < 4.78 is 0. The molecule has 0 saturated heterocycles. The SMILES string of the molecule is O=C(O)Cc1ccc(Cl)c(-c2c(Cl)ccc(Cl)c2Cl)c1. The monoisotopic (exact) mass is 348 g/mol. The van der Waals surface area contributed by atoms with Crippen LogP contribution in [0.2, 0.25) is 20.1 Å². The van der Waals surface area contributed by atoms with Gasteiger partial charge in [0.05, 0.1) is 21.5 Å². The first-order valence-corrected chi connectivity index (χ1v) is 7.05. The Hall–Kier alpha value is -0.930. The number of carboxylic acid groups (broad SMARTS) is 1. The van der Waals surface area contributed by atoms with E-state index in [1.807, 2.05) is 0 Å². The summed E-state index contributed by atoms with van der Waals surface area (Å²) in [5.74, 6) is -0.929. The average Bonchev–Trinajstić information content (AvgIpc) is 2.37. The van der Waals surface area contributed by atoms with E-state index in [1.165, 1.54) is 0 Å². The van der Waals surface area contributed by atoms with E-state index in [0.29, 0.717) is 31.8 Å². The molecule has 0 fully saturated rings. The third kappa shape index (κ3) is 3.21. The zero-order chi connectivity index (χ0) is 14.9. The summed E-state index contributed by atoms with van der Waals surface area (Å²) in [6, 6.07) is 8.12. The number of hydrogen-bond donors (Lipinski definition) is 1. The summed E-state index contributed by atoms with van der Waals surface area (Å²) in [5.41, 5.74) is 1.66. The number of carbonyl (C=O) groups is 1. The molecule has 6 heteroatoms. The van der Waals surface area contributed by atoms with Crippen LogP contribution in [-0.4, -0.2) is 11.1 Å². The van der Waals surface area contributed by atoms with Crippen LogP contribution in [0.25, 0.3) is 11.1 Å². The van der Waals surface area contributed by atoms with E-state index in [0.717, 1.165) is 0 Å². The van der Waals surface area contributed by atoms with Crippen molar-refractivity contribution >= 4 is 52.4 Å². The molecule has 0 atom stereocenters. The number of benzene rings is 2. The Labute approximate surface area is 135 Å². The molecule has 0 radical (unpaired) electrons. The lowest BCUT2D eigenvalue weighted by molar-refractivity contribution is -0.136. The Kier molecular flexibility index (Phi) is 4.82. The molecular weight excluding hydrogens is 342 g/mol. The minimum Gasteiger partial charge on any atom is -0.481 e. The van der Waals surface area contributed by atoms with Crippen molar-refractivity contribution in [2.45, 2.75) is 6.42 Å². The van der Waals surface area contributed by atoms with Crippen molar-refractivity contribution in [3.05, 3.63) is 56.0 Å². The first-order valence-electron chi connectivity index (χ1n) is 5.54. The second kappa shape index (κ2) is 6.23. The third-order valence-corrected chi connectivity index (χ3v) is 4.15. The zero-order valence-corrected chi connectivity index (χ0v) is 13.0. The van der Waals surface area contributed by atoms with Gasteiger partial charge in [0.25, 0.3) is 0 Å². The minimum absolute atomic E-state index is 0.111. The van der Waals surface area contributed by atoms with Crippen molar-refractivity contribution in [3.63, 3.8) is 0 Å². The minimum atomic E-state index is -0.929. The molecule has 2 aromatic rings. The molecule has 0 saturated carbocycles. The van der Waals surface area contributed by atoms with Crippen LogP contribution in [0.5, 0.6) is 0 Å². The fourth-order valence-electron chi connectivity index (χ4n) is 1.82. The zero-order valence-electron chi connectivity index (χ0n) is 9.96. The van der Waals surface area contributed by atoms with Crippen molar-refractivity contribution in [1.29, 1.82) is 0 Å². The molecule has 2 aromatic carbocycles. The van der Waals surface area contributed by atoms with Gasteiger partial charge in [0.2, 0.25) is 0 Å². The summed E-state index contributed by atoms with van der Waals surface area (Å²) in [6.07, 6.45) is -0.111. The Morgan fingerprint density at radius 2 is 1.55 bits per heavy atom. The molecule has 0 heterocycles. The van der Waals surface area contributed by atoms with Crippen molar-refractivity contribution in [2.75, 3.05) is 0 Å². The normalized spacial score (nSPS) is 10.6. The summed E-state index contributed by atoms with van der Waals surface area (Å²) in [6.45, 7) is 0. The highest BCUT2D eigenvalue weighted by Crippen LogP contribution is 2.42. The van der Waals surface area contributed by atoms with Gasteiger partial charge in [-0.15, -0.1) is 0 Å². The molecule has 2 nitrogen and oxygen atoms in total. The lowest BCUT2D eigenvalue weighted by Gasteiger charge is -2.12. The van der Waals surface area contributed by atoms with Gasteiger partial charge in [-0.2, -0.15) is 0 Å². The highest BCUT2D eigenvalue weighted by atomic mass is 35.5. The molecule has 0 aromatic heterocycles. The predicted molar refractivity (Wildman–Crippen MR) is 83.3 cm³/mol. The molecule has 0 bridgehead atoms. The largest absolute Gasteiger partial charge is 0.481 e. The van der Waals surface area contributed by atoms with Crippen molar-refractivity contribution < 1.29 is 9.90 Å². The lowest BCUT2D eigenvalue weighted by Crippen LogP contribution is -2.00. The second-order valence-corrected chi connectivity index (χ2v) is 5.70. The van der Waals surface area contributed by atoms with E-state index in [-0.39, 0.29) is 11.4 Å².